The molecule has 1 aliphatic rings. The molecule has 4 atom stereocenters. The van der Waals surface area contributed by atoms with Crippen LogP contribution in [0.1, 0.15) is 65.0 Å². The zero-order chi connectivity index (χ0) is 20.1. The molecule has 0 saturated carbocycles. The maximum absolute atomic E-state index is 10.3. The summed E-state index contributed by atoms with van der Waals surface area (Å²) in [5, 5.41) is 10.5. The number of ether oxygens (including phenoxy) is 2. The number of hydrogen-bond acceptors (Lipinski definition) is 4. The van der Waals surface area contributed by atoms with Crippen LogP contribution in [0.25, 0.3) is 0 Å². The zero-order valence-electron chi connectivity index (χ0n) is 17.9. The minimum Gasteiger partial charge on any atom is -0.409 e. The second kappa shape index (κ2) is 9.66. The Kier molecular flexibility index (Phi) is 8.07. The molecule has 5 heteroatoms. The molecule has 1 aromatic carbocycles. The molecule has 0 bridgehead atoms. The summed E-state index contributed by atoms with van der Waals surface area (Å²) in [7, 11) is -1.87. The molecule has 0 aliphatic carbocycles. The standard InChI is InChI=1S/C22H38O4Si/c1-17-14-15-20(26-27(5,6)22(2,3)4)21(25-17)24-16-10-13-19(23)18-11-8-7-9-12-18/h7-9,11-12,17,19-21,23H,10,13-16H2,1-6H3/t17-,19+,20-,21-/m0/s1. The molecule has 2 rings (SSSR count). The molecule has 1 aliphatic heterocycles. The highest BCUT2D eigenvalue weighted by Crippen LogP contribution is 2.39. The van der Waals surface area contributed by atoms with Crippen molar-refractivity contribution in [3.8, 4) is 0 Å². The van der Waals surface area contributed by atoms with Crippen LogP contribution in [0.5, 0.6) is 0 Å². The van der Waals surface area contributed by atoms with Crippen LogP contribution in [0.2, 0.25) is 18.1 Å². The van der Waals surface area contributed by atoms with Crippen molar-refractivity contribution in [1.29, 1.82) is 0 Å². The van der Waals surface area contributed by atoms with E-state index in [1.165, 1.54) is 0 Å². The fourth-order valence-corrected chi connectivity index (χ4v) is 4.39. The quantitative estimate of drug-likeness (QED) is 0.471. The average molecular weight is 395 g/mol. The summed E-state index contributed by atoms with van der Waals surface area (Å²) < 4.78 is 18.7. The van der Waals surface area contributed by atoms with Crippen LogP contribution >= 0.6 is 0 Å². The van der Waals surface area contributed by atoms with Gasteiger partial charge in [0, 0.05) is 6.61 Å². The van der Waals surface area contributed by atoms with Gasteiger partial charge in [-0.25, -0.2) is 0 Å². The highest BCUT2D eigenvalue weighted by molar-refractivity contribution is 6.74. The third kappa shape index (κ3) is 6.68. The van der Waals surface area contributed by atoms with Gasteiger partial charge in [-0.2, -0.15) is 0 Å². The van der Waals surface area contributed by atoms with Crippen molar-refractivity contribution in [2.24, 2.45) is 0 Å². The van der Waals surface area contributed by atoms with E-state index in [9.17, 15) is 5.11 Å². The van der Waals surface area contributed by atoms with Crippen LogP contribution in [0.3, 0.4) is 0 Å². The van der Waals surface area contributed by atoms with Gasteiger partial charge in [-0.05, 0) is 56.3 Å². The minimum absolute atomic E-state index is 0.00105. The van der Waals surface area contributed by atoms with Crippen molar-refractivity contribution in [3.63, 3.8) is 0 Å². The maximum Gasteiger partial charge on any atom is 0.192 e. The fourth-order valence-electron chi connectivity index (χ4n) is 3.05. The first-order valence-corrected chi connectivity index (χ1v) is 13.2. The number of benzene rings is 1. The lowest BCUT2D eigenvalue weighted by molar-refractivity contribution is -0.233. The fraction of sp³-hybridized carbons (Fsp3) is 0.727. The van der Waals surface area contributed by atoms with Crippen molar-refractivity contribution < 1.29 is 19.0 Å². The van der Waals surface area contributed by atoms with Crippen LogP contribution in [-0.4, -0.2) is 38.5 Å². The topological polar surface area (TPSA) is 47.9 Å². The van der Waals surface area contributed by atoms with Gasteiger partial charge in [0.2, 0.25) is 0 Å². The van der Waals surface area contributed by atoms with Crippen LogP contribution in [-0.2, 0) is 13.9 Å². The predicted molar refractivity (Wildman–Crippen MR) is 112 cm³/mol. The summed E-state index contributed by atoms with van der Waals surface area (Å²) >= 11 is 0. The molecule has 4 nitrogen and oxygen atoms in total. The van der Waals surface area contributed by atoms with Gasteiger partial charge in [0.05, 0.1) is 18.3 Å². The Bertz CT molecular complexity index is 555. The van der Waals surface area contributed by atoms with Gasteiger partial charge in [-0.1, -0.05) is 51.1 Å². The molecule has 0 amide bonds. The lowest BCUT2D eigenvalue weighted by Gasteiger charge is -2.43. The molecule has 1 saturated heterocycles. The third-order valence-electron chi connectivity index (χ3n) is 5.87. The molecule has 27 heavy (non-hydrogen) atoms. The van der Waals surface area contributed by atoms with Crippen LogP contribution in [0, 0.1) is 0 Å². The first-order valence-electron chi connectivity index (χ1n) is 10.3. The molecule has 0 radical (unpaired) electrons. The number of aliphatic hydroxyl groups is 1. The molecular formula is C22H38O4Si. The largest absolute Gasteiger partial charge is 0.409 e. The van der Waals surface area contributed by atoms with Gasteiger partial charge >= 0.3 is 0 Å². The molecule has 1 heterocycles. The lowest BCUT2D eigenvalue weighted by atomic mass is 10.1. The molecule has 1 N–H and O–H groups in total. The van der Waals surface area contributed by atoms with Gasteiger partial charge in [0.15, 0.2) is 14.6 Å². The SMILES string of the molecule is C[C@H]1CC[C@H](O[Si](C)(C)C(C)(C)C)[C@@H](OCCC[C@@H](O)c2ccccc2)O1. The number of rotatable bonds is 8. The number of aliphatic hydroxyl groups excluding tert-OH is 1. The Morgan fingerprint density at radius 1 is 1.19 bits per heavy atom. The first kappa shape index (κ1) is 22.6. The van der Waals surface area contributed by atoms with Crippen molar-refractivity contribution in [2.75, 3.05) is 6.61 Å². The van der Waals surface area contributed by atoms with E-state index in [4.69, 9.17) is 13.9 Å². The normalized spacial score (nSPS) is 25.4. The molecule has 1 aromatic rings. The first-order chi connectivity index (χ1) is 12.6. The third-order valence-corrected chi connectivity index (χ3v) is 10.4. The van der Waals surface area contributed by atoms with Crippen molar-refractivity contribution in [3.05, 3.63) is 35.9 Å². The lowest BCUT2D eigenvalue weighted by Crippen LogP contribution is -2.50. The van der Waals surface area contributed by atoms with E-state index in [2.05, 4.69) is 40.8 Å². The van der Waals surface area contributed by atoms with E-state index in [0.717, 1.165) is 24.8 Å². The van der Waals surface area contributed by atoms with Crippen LogP contribution in [0.4, 0.5) is 0 Å². The molecule has 0 aromatic heterocycles. The second-order valence-corrected chi connectivity index (χ2v) is 14.0. The van der Waals surface area contributed by atoms with E-state index in [-0.39, 0.29) is 23.5 Å². The van der Waals surface area contributed by atoms with Crippen molar-refractivity contribution in [1.82, 2.24) is 0 Å². The smallest absolute Gasteiger partial charge is 0.192 e. The van der Waals surface area contributed by atoms with Crippen molar-refractivity contribution in [2.45, 2.75) is 96.1 Å². The van der Waals surface area contributed by atoms with Crippen LogP contribution in [0.15, 0.2) is 30.3 Å². The summed E-state index contributed by atoms with van der Waals surface area (Å²) in [6.07, 6.45) is 2.90. The van der Waals surface area contributed by atoms with Crippen LogP contribution < -0.4 is 0 Å². The maximum atomic E-state index is 10.3. The van der Waals surface area contributed by atoms with Crippen molar-refractivity contribution >= 4 is 8.32 Å². The van der Waals surface area contributed by atoms with E-state index < -0.39 is 14.4 Å². The summed E-state index contributed by atoms with van der Waals surface area (Å²) in [6, 6.07) is 9.79. The Labute approximate surface area is 166 Å². The summed E-state index contributed by atoms with van der Waals surface area (Å²) in [6.45, 7) is 14.0. The average Bonchev–Trinajstić information content (AvgIpc) is 2.60. The Morgan fingerprint density at radius 3 is 2.48 bits per heavy atom. The van der Waals surface area contributed by atoms with E-state index in [0.29, 0.717) is 13.0 Å². The van der Waals surface area contributed by atoms with Gasteiger partial charge in [-0.3, -0.25) is 0 Å². The van der Waals surface area contributed by atoms with Gasteiger partial charge in [0.1, 0.15) is 0 Å². The molecule has 154 valence electrons. The van der Waals surface area contributed by atoms with Gasteiger partial charge in [-0.15, -0.1) is 0 Å². The van der Waals surface area contributed by atoms with Gasteiger partial charge < -0.3 is 19.0 Å². The summed E-state index contributed by atoms with van der Waals surface area (Å²) in [4.78, 5) is 0. The van der Waals surface area contributed by atoms with E-state index in [1.54, 1.807) is 0 Å². The second-order valence-electron chi connectivity index (χ2n) is 9.25. The Morgan fingerprint density at radius 2 is 1.85 bits per heavy atom. The highest BCUT2D eigenvalue weighted by Gasteiger charge is 2.42. The zero-order valence-corrected chi connectivity index (χ0v) is 18.9. The Hall–Kier alpha value is -0.723. The summed E-state index contributed by atoms with van der Waals surface area (Å²) in [5.41, 5.74) is 0.958. The van der Waals surface area contributed by atoms with Gasteiger partial charge in [0.25, 0.3) is 0 Å². The molecular weight excluding hydrogens is 356 g/mol. The van der Waals surface area contributed by atoms with E-state index >= 15 is 0 Å². The highest BCUT2D eigenvalue weighted by atomic mass is 28.4. The molecule has 0 unspecified atom stereocenters. The predicted octanol–water partition coefficient (Wildman–Crippen LogP) is 5.43. The molecule has 0 spiro atoms. The van der Waals surface area contributed by atoms with E-state index in [1.807, 2.05) is 30.3 Å². The molecule has 1 fully saturated rings. The summed E-state index contributed by atoms with van der Waals surface area (Å²) in [5.74, 6) is 0. The number of hydrogen-bond donors (Lipinski definition) is 1. The Balaban J connectivity index is 1.84. The monoisotopic (exact) mass is 394 g/mol. The minimum atomic E-state index is -1.87.